The maximum atomic E-state index is 14.3. The Labute approximate surface area is 166 Å². The number of carbonyl (C=O) groups excluding carboxylic acids is 2. The van der Waals surface area contributed by atoms with E-state index in [-0.39, 0.29) is 17.8 Å². The Morgan fingerprint density at radius 1 is 1.14 bits per heavy atom. The minimum atomic E-state index is -0.600. The van der Waals surface area contributed by atoms with Gasteiger partial charge in [-0.3, -0.25) is 14.6 Å². The SMILES string of the molecule is CN1CCN(C(=O)C2CCCN2C(=O)OC(C)(C)C)CC1c1ccccc1F. The van der Waals surface area contributed by atoms with Crippen LogP contribution in [0.4, 0.5) is 9.18 Å². The minimum absolute atomic E-state index is 0.0715. The molecule has 2 aliphatic rings. The van der Waals surface area contributed by atoms with Crippen molar-refractivity contribution in [1.82, 2.24) is 14.7 Å². The van der Waals surface area contributed by atoms with Crippen LogP contribution in [0, 0.1) is 5.82 Å². The molecule has 6 nitrogen and oxygen atoms in total. The highest BCUT2D eigenvalue weighted by atomic mass is 19.1. The molecule has 1 aromatic carbocycles. The molecule has 7 heteroatoms. The molecule has 2 atom stereocenters. The van der Waals surface area contributed by atoms with E-state index < -0.39 is 17.7 Å². The van der Waals surface area contributed by atoms with Crippen molar-refractivity contribution in [2.45, 2.75) is 51.3 Å². The largest absolute Gasteiger partial charge is 0.444 e. The van der Waals surface area contributed by atoms with E-state index >= 15 is 0 Å². The van der Waals surface area contributed by atoms with Crippen LogP contribution in [-0.4, -0.2) is 71.6 Å². The van der Waals surface area contributed by atoms with Crippen LogP contribution >= 0.6 is 0 Å². The number of amides is 2. The Kier molecular flexibility index (Phi) is 5.93. The van der Waals surface area contributed by atoms with Crippen LogP contribution < -0.4 is 0 Å². The molecule has 1 aromatic rings. The second-order valence-corrected chi connectivity index (χ2v) is 8.63. The average molecular weight is 391 g/mol. The van der Waals surface area contributed by atoms with Gasteiger partial charge < -0.3 is 9.64 Å². The number of carbonyl (C=O) groups is 2. The van der Waals surface area contributed by atoms with Crippen molar-refractivity contribution in [3.8, 4) is 0 Å². The molecule has 2 saturated heterocycles. The van der Waals surface area contributed by atoms with E-state index in [1.165, 1.54) is 6.07 Å². The quantitative estimate of drug-likeness (QED) is 0.778. The third kappa shape index (κ3) is 4.46. The number of benzene rings is 1. The smallest absolute Gasteiger partial charge is 0.410 e. The lowest BCUT2D eigenvalue weighted by Crippen LogP contribution is -2.55. The summed E-state index contributed by atoms with van der Waals surface area (Å²) in [5.74, 6) is -0.331. The molecule has 154 valence electrons. The molecule has 0 N–H and O–H groups in total. The van der Waals surface area contributed by atoms with Crippen molar-refractivity contribution in [3.63, 3.8) is 0 Å². The van der Waals surface area contributed by atoms with Gasteiger partial charge in [-0.1, -0.05) is 18.2 Å². The van der Waals surface area contributed by atoms with E-state index in [0.717, 1.165) is 6.42 Å². The molecule has 0 spiro atoms. The molecule has 2 amide bonds. The normalized spacial score (nSPS) is 23.8. The van der Waals surface area contributed by atoms with Gasteiger partial charge in [0.2, 0.25) is 5.91 Å². The van der Waals surface area contributed by atoms with Gasteiger partial charge in [0.25, 0.3) is 0 Å². The summed E-state index contributed by atoms with van der Waals surface area (Å²) in [4.78, 5) is 31.1. The van der Waals surface area contributed by atoms with Crippen molar-refractivity contribution in [2.75, 3.05) is 33.2 Å². The van der Waals surface area contributed by atoms with Gasteiger partial charge >= 0.3 is 6.09 Å². The van der Waals surface area contributed by atoms with Crippen LogP contribution in [-0.2, 0) is 9.53 Å². The molecular formula is C21H30FN3O3. The van der Waals surface area contributed by atoms with Crippen molar-refractivity contribution in [2.24, 2.45) is 0 Å². The zero-order valence-electron chi connectivity index (χ0n) is 17.2. The van der Waals surface area contributed by atoms with E-state index in [1.807, 2.05) is 33.9 Å². The number of ether oxygens (including phenoxy) is 1. The molecule has 2 unspecified atom stereocenters. The molecule has 2 heterocycles. The lowest BCUT2D eigenvalue weighted by Gasteiger charge is -2.41. The Morgan fingerprint density at radius 3 is 2.54 bits per heavy atom. The van der Waals surface area contributed by atoms with Crippen LogP contribution in [0.15, 0.2) is 24.3 Å². The lowest BCUT2D eigenvalue weighted by molar-refractivity contribution is -0.138. The topological polar surface area (TPSA) is 53.1 Å². The molecule has 2 aliphatic heterocycles. The zero-order chi connectivity index (χ0) is 20.5. The average Bonchev–Trinajstić information content (AvgIpc) is 3.11. The number of hydrogen-bond donors (Lipinski definition) is 0. The van der Waals surface area contributed by atoms with Gasteiger partial charge in [-0.2, -0.15) is 0 Å². The summed E-state index contributed by atoms with van der Waals surface area (Å²) in [5.41, 5.74) is -0.00486. The highest BCUT2D eigenvalue weighted by molar-refractivity contribution is 5.86. The molecule has 0 saturated carbocycles. The number of halogens is 1. The second kappa shape index (κ2) is 8.07. The van der Waals surface area contributed by atoms with E-state index in [1.54, 1.807) is 21.9 Å². The van der Waals surface area contributed by atoms with Crippen LogP contribution in [0.25, 0.3) is 0 Å². The molecule has 0 radical (unpaired) electrons. The highest BCUT2D eigenvalue weighted by Crippen LogP contribution is 2.28. The predicted molar refractivity (Wildman–Crippen MR) is 104 cm³/mol. The lowest BCUT2D eigenvalue weighted by atomic mass is 10.0. The van der Waals surface area contributed by atoms with Crippen LogP contribution in [0.5, 0.6) is 0 Å². The number of likely N-dealkylation sites (tertiary alicyclic amines) is 1. The maximum Gasteiger partial charge on any atom is 0.410 e. The summed E-state index contributed by atoms with van der Waals surface area (Å²) in [5, 5.41) is 0. The summed E-state index contributed by atoms with van der Waals surface area (Å²) in [6.45, 7) is 7.61. The fourth-order valence-corrected chi connectivity index (χ4v) is 3.93. The Morgan fingerprint density at radius 2 is 1.86 bits per heavy atom. The number of likely N-dealkylation sites (N-methyl/N-ethyl adjacent to an activating group) is 1. The minimum Gasteiger partial charge on any atom is -0.444 e. The Hall–Kier alpha value is -2.15. The maximum absolute atomic E-state index is 14.3. The molecule has 0 aliphatic carbocycles. The number of rotatable bonds is 2. The fourth-order valence-electron chi connectivity index (χ4n) is 3.93. The second-order valence-electron chi connectivity index (χ2n) is 8.63. The Balaban J connectivity index is 1.73. The molecular weight excluding hydrogens is 361 g/mol. The van der Waals surface area contributed by atoms with Crippen molar-refractivity contribution >= 4 is 12.0 Å². The third-order valence-electron chi connectivity index (χ3n) is 5.39. The highest BCUT2D eigenvalue weighted by Gasteiger charge is 2.40. The molecule has 28 heavy (non-hydrogen) atoms. The molecule has 3 rings (SSSR count). The summed E-state index contributed by atoms with van der Waals surface area (Å²) >= 11 is 0. The standard InChI is InChI=1S/C21H30FN3O3/c1-21(2,3)28-20(27)25-11-7-10-17(25)19(26)24-13-12-23(4)18(14-24)15-8-5-6-9-16(15)22/h5-6,8-9,17-18H,7,10-14H2,1-4H3. The summed E-state index contributed by atoms with van der Waals surface area (Å²) < 4.78 is 19.8. The molecule has 2 fully saturated rings. The Bertz CT molecular complexity index is 734. The van der Waals surface area contributed by atoms with Crippen LogP contribution in [0.2, 0.25) is 0 Å². The molecule has 0 bridgehead atoms. The van der Waals surface area contributed by atoms with Crippen LogP contribution in [0.1, 0.15) is 45.2 Å². The first-order chi connectivity index (χ1) is 13.2. The monoisotopic (exact) mass is 391 g/mol. The number of nitrogens with zero attached hydrogens (tertiary/aromatic N) is 3. The zero-order valence-corrected chi connectivity index (χ0v) is 17.2. The summed E-state index contributed by atoms with van der Waals surface area (Å²) in [6.07, 6.45) is 0.970. The van der Waals surface area contributed by atoms with Gasteiger partial charge in [-0.25, -0.2) is 9.18 Å². The van der Waals surface area contributed by atoms with E-state index in [9.17, 15) is 14.0 Å². The van der Waals surface area contributed by atoms with Gasteiger partial charge in [0.05, 0.1) is 6.04 Å². The van der Waals surface area contributed by atoms with Crippen molar-refractivity contribution < 1.29 is 18.7 Å². The third-order valence-corrected chi connectivity index (χ3v) is 5.39. The van der Waals surface area contributed by atoms with Gasteiger partial charge in [0, 0.05) is 31.7 Å². The predicted octanol–water partition coefficient (Wildman–Crippen LogP) is 3.04. The van der Waals surface area contributed by atoms with E-state index in [4.69, 9.17) is 4.74 Å². The number of hydrogen-bond acceptors (Lipinski definition) is 4. The summed E-state index contributed by atoms with van der Waals surface area (Å²) in [6, 6.07) is 6.00. The fraction of sp³-hybridized carbons (Fsp3) is 0.619. The first-order valence-electron chi connectivity index (χ1n) is 9.90. The number of piperazine rings is 1. The first-order valence-corrected chi connectivity index (χ1v) is 9.90. The summed E-state index contributed by atoms with van der Waals surface area (Å²) in [7, 11) is 1.95. The van der Waals surface area contributed by atoms with Gasteiger partial charge in [-0.15, -0.1) is 0 Å². The van der Waals surface area contributed by atoms with Gasteiger partial charge in [0.1, 0.15) is 17.5 Å². The van der Waals surface area contributed by atoms with E-state index in [2.05, 4.69) is 4.90 Å². The van der Waals surface area contributed by atoms with Gasteiger partial charge in [0.15, 0.2) is 0 Å². The van der Waals surface area contributed by atoms with Crippen LogP contribution in [0.3, 0.4) is 0 Å². The van der Waals surface area contributed by atoms with Crippen molar-refractivity contribution in [1.29, 1.82) is 0 Å². The van der Waals surface area contributed by atoms with E-state index in [0.29, 0.717) is 38.2 Å². The first kappa shape index (κ1) is 20.6. The van der Waals surface area contributed by atoms with Gasteiger partial charge in [-0.05, 0) is 46.7 Å². The molecule has 0 aromatic heterocycles. The van der Waals surface area contributed by atoms with Crippen molar-refractivity contribution in [3.05, 3.63) is 35.6 Å².